The molecule has 0 atom stereocenters. The summed E-state index contributed by atoms with van der Waals surface area (Å²) in [6, 6.07) is 23.7. The zero-order valence-electron chi connectivity index (χ0n) is 16.8. The number of nitrogens with zero attached hydrogens (tertiary/aromatic N) is 2. The Bertz CT molecular complexity index is 1200. The smallest absolute Gasteiger partial charge is 0.251 e. The maximum atomic E-state index is 12.6. The number of carbonyl (C=O) groups excluding carboxylic acids is 1. The predicted octanol–water partition coefficient (Wildman–Crippen LogP) is 4.26. The predicted molar refractivity (Wildman–Crippen MR) is 117 cm³/mol. The van der Waals surface area contributed by atoms with E-state index in [1.165, 1.54) is 5.56 Å². The normalized spacial score (nSPS) is 12.0. The van der Waals surface area contributed by atoms with E-state index in [0.29, 0.717) is 23.6 Å². The Morgan fingerprint density at radius 3 is 2.65 bits per heavy atom. The highest BCUT2D eigenvalue weighted by molar-refractivity contribution is 5.95. The van der Waals surface area contributed by atoms with Gasteiger partial charge >= 0.3 is 0 Å². The molecule has 0 fully saturated rings. The molecular weight excluding hydrogens is 390 g/mol. The highest BCUT2D eigenvalue weighted by Crippen LogP contribution is 2.32. The molecule has 3 aromatic carbocycles. The van der Waals surface area contributed by atoms with Crippen LogP contribution in [0.25, 0.3) is 11.1 Å². The van der Waals surface area contributed by atoms with E-state index in [-0.39, 0.29) is 12.7 Å². The van der Waals surface area contributed by atoms with Crippen molar-refractivity contribution < 1.29 is 14.3 Å². The fourth-order valence-corrected chi connectivity index (χ4v) is 3.64. The Morgan fingerprint density at radius 1 is 0.968 bits per heavy atom. The molecule has 31 heavy (non-hydrogen) atoms. The Labute approximate surface area is 180 Å². The van der Waals surface area contributed by atoms with Gasteiger partial charge in [-0.2, -0.15) is 5.10 Å². The molecule has 154 valence electrons. The summed E-state index contributed by atoms with van der Waals surface area (Å²) < 4.78 is 12.6. The van der Waals surface area contributed by atoms with Gasteiger partial charge < -0.3 is 14.8 Å². The zero-order valence-corrected chi connectivity index (χ0v) is 16.8. The van der Waals surface area contributed by atoms with Crippen LogP contribution in [0.2, 0.25) is 0 Å². The number of amides is 1. The van der Waals surface area contributed by atoms with E-state index < -0.39 is 0 Å². The van der Waals surface area contributed by atoms with Crippen LogP contribution in [0.4, 0.5) is 0 Å². The molecule has 0 unspecified atom stereocenters. The van der Waals surface area contributed by atoms with Crippen LogP contribution < -0.4 is 14.8 Å². The van der Waals surface area contributed by atoms with Crippen molar-refractivity contribution >= 4 is 5.91 Å². The first kappa shape index (κ1) is 18.9. The lowest BCUT2D eigenvalue weighted by atomic mass is 9.98. The van der Waals surface area contributed by atoms with Crippen LogP contribution in [0, 0.1) is 0 Å². The number of hydrogen-bond donors (Lipinski definition) is 1. The van der Waals surface area contributed by atoms with Crippen molar-refractivity contribution in [3.05, 3.63) is 102 Å². The highest BCUT2D eigenvalue weighted by Gasteiger charge is 2.16. The molecule has 0 bridgehead atoms. The van der Waals surface area contributed by atoms with Crippen molar-refractivity contribution in [1.29, 1.82) is 0 Å². The van der Waals surface area contributed by atoms with E-state index in [1.807, 2.05) is 35.1 Å². The third kappa shape index (κ3) is 4.14. The van der Waals surface area contributed by atoms with Gasteiger partial charge in [0.2, 0.25) is 6.79 Å². The van der Waals surface area contributed by atoms with Gasteiger partial charge in [0.15, 0.2) is 11.5 Å². The molecule has 0 aliphatic carbocycles. The van der Waals surface area contributed by atoms with Crippen LogP contribution >= 0.6 is 0 Å². The fraction of sp³-hybridized carbons (Fsp3) is 0.120. The fourth-order valence-electron chi connectivity index (χ4n) is 3.64. The van der Waals surface area contributed by atoms with E-state index in [1.54, 1.807) is 24.4 Å². The minimum atomic E-state index is -0.150. The summed E-state index contributed by atoms with van der Waals surface area (Å²) in [6.45, 7) is 1.35. The van der Waals surface area contributed by atoms with Crippen LogP contribution in [0.5, 0.6) is 11.5 Å². The SMILES string of the molecule is O=C(NCc1ccccc1-c1ccc(Cn2cccn2)cc1)c1ccc2c(c1)OCO2. The van der Waals surface area contributed by atoms with Crippen LogP contribution in [-0.2, 0) is 13.1 Å². The maximum Gasteiger partial charge on any atom is 0.251 e. The third-order valence-electron chi connectivity index (χ3n) is 5.26. The monoisotopic (exact) mass is 411 g/mol. The standard InChI is InChI=1S/C25H21N3O3/c29-25(20-10-11-23-24(14-20)31-17-30-23)26-15-21-4-1-2-5-22(21)19-8-6-18(7-9-19)16-28-13-3-12-27-28/h1-14H,15-17H2,(H,26,29). The summed E-state index contributed by atoms with van der Waals surface area (Å²) in [5.74, 6) is 1.11. The molecule has 1 aliphatic rings. The van der Waals surface area contributed by atoms with E-state index in [2.05, 4.69) is 40.7 Å². The Kier molecular flexibility index (Phi) is 5.10. The lowest BCUT2D eigenvalue weighted by Gasteiger charge is -2.12. The largest absolute Gasteiger partial charge is 0.454 e. The van der Waals surface area contributed by atoms with E-state index in [0.717, 1.165) is 23.2 Å². The minimum Gasteiger partial charge on any atom is -0.454 e. The molecule has 0 spiro atoms. The van der Waals surface area contributed by atoms with Crippen LogP contribution in [0.15, 0.2) is 85.2 Å². The topological polar surface area (TPSA) is 65.4 Å². The molecule has 6 nitrogen and oxygen atoms in total. The van der Waals surface area contributed by atoms with Crippen molar-refractivity contribution in [3.8, 4) is 22.6 Å². The van der Waals surface area contributed by atoms with E-state index in [9.17, 15) is 4.79 Å². The number of benzene rings is 3. The number of carbonyl (C=O) groups is 1. The quantitative estimate of drug-likeness (QED) is 0.515. The molecular formula is C25H21N3O3. The van der Waals surface area contributed by atoms with Gasteiger partial charge in [-0.25, -0.2) is 0 Å². The van der Waals surface area contributed by atoms with Crippen LogP contribution in [0.3, 0.4) is 0 Å². The molecule has 0 saturated heterocycles. The Balaban J connectivity index is 1.29. The number of fused-ring (bicyclic) bond motifs is 1. The summed E-state index contributed by atoms with van der Waals surface area (Å²) in [4.78, 5) is 12.6. The van der Waals surface area contributed by atoms with Crippen molar-refractivity contribution in [2.75, 3.05) is 6.79 Å². The lowest BCUT2D eigenvalue weighted by molar-refractivity contribution is 0.0950. The molecule has 0 radical (unpaired) electrons. The molecule has 1 aliphatic heterocycles. The van der Waals surface area contributed by atoms with Gasteiger partial charge in [0, 0.05) is 24.5 Å². The Hall–Kier alpha value is -4.06. The van der Waals surface area contributed by atoms with Crippen molar-refractivity contribution in [3.63, 3.8) is 0 Å². The van der Waals surface area contributed by atoms with Gasteiger partial charge in [0.1, 0.15) is 0 Å². The Morgan fingerprint density at radius 2 is 1.81 bits per heavy atom. The van der Waals surface area contributed by atoms with Crippen LogP contribution in [-0.4, -0.2) is 22.5 Å². The number of ether oxygens (including phenoxy) is 2. The summed E-state index contributed by atoms with van der Waals surface area (Å²) in [6.07, 6.45) is 3.73. The molecule has 4 aromatic rings. The van der Waals surface area contributed by atoms with Crippen molar-refractivity contribution in [1.82, 2.24) is 15.1 Å². The van der Waals surface area contributed by atoms with Crippen molar-refractivity contribution in [2.24, 2.45) is 0 Å². The molecule has 1 N–H and O–H groups in total. The molecule has 0 saturated carbocycles. The molecule has 1 amide bonds. The summed E-state index contributed by atoms with van der Waals surface area (Å²) in [5.41, 5.74) is 4.98. The highest BCUT2D eigenvalue weighted by atomic mass is 16.7. The second kappa shape index (κ2) is 8.36. The lowest BCUT2D eigenvalue weighted by Crippen LogP contribution is -2.23. The first-order valence-corrected chi connectivity index (χ1v) is 10.1. The molecule has 2 heterocycles. The average molecular weight is 411 g/mol. The number of nitrogens with one attached hydrogen (secondary N) is 1. The average Bonchev–Trinajstić information content (AvgIpc) is 3.49. The van der Waals surface area contributed by atoms with Gasteiger partial charge in [-0.3, -0.25) is 9.48 Å². The van der Waals surface area contributed by atoms with E-state index in [4.69, 9.17) is 9.47 Å². The summed E-state index contributed by atoms with van der Waals surface area (Å²) in [7, 11) is 0. The van der Waals surface area contributed by atoms with Gasteiger partial charge in [0.25, 0.3) is 5.91 Å². The number of aromatic nitrogens is 2. The number of rotatable bonds is 6. The summed E-state index contributed by atoms with van der Waals surface area (Å²) >= 11 is 0. The summed E-state index contributed by atoms with van der Waals surface area (Å²) in [5, 5.41) is 7.26. The second-order valence-electron chi connectivity index (χ2n) is 7.31. The van der Waals surface area contributed by atoms with Gasteiger partial charge in [-0.15, -0.1) is 0 Å². The molecule has 6 heteroatoms. The first-order chi connectivity index (χ1) is 15.3. The first-order valence-electron chi connectivity index (χ1n) is 10.1. The minimum absolute atomic E-state index is 0.150. The molecule has 1 aromatic heterocycles. The van der Waals surface area contributed by atoms with Gasteiger partial charge in [0.05, 0.1) is 6.54 Å². The zero-order chi connectivity index (χ0) is 21.0. The van der Waals surface area contributed by atoms with Crippen molar-refractivity contribution in [2.45, 2.75) is 13.1 Å². The molecule has 5 rings (SSSR count). The third-order valence-corrected chi connectivity index (χ3v) is 5.26. The van der Waals surface area contributed by atoms with Gasteiger partial charge in [-0.05, 0) is 46.5 Å². The van der Waals surface area contributed by atoms with Gasteiger partial charge in [-0.1, -0.05) is 48.5 Å². The maximum absolute atomic E-state index is 12.6. The number of hydrogen-bond acceptors (Lipinski definition) is 4. The van der Waals surface area contributed by atoms with E-state index >= 15 is 0 Å². The van der Waals surface area contributed by atoms with Crippen LogP contribution in [0.1, 0.15) is 21.5 Å². The second-order valence-corrected chi connectivity index (χ2v) is 7.31.